The van der Waals surface area contributed by atoms with Crippen LogP contribution in [0.3, 0.4) is 0 Å². The number of aliphatic carboxylic acids is 1. The van der Waals surface area contributed by atoms with E-state index in [9.17, 15) is 9.59 Å². The third-order valence-corrected chi connectivity index (χ3v) is 5.68. The van der Waals surface area contributed by atoms with Crippen LogP contribution in [-0.4, -0.2) is 37.1 Å². The Morgan fingerprint density at radius 3 is 2.47 bits per heavy atom. The lowest BCUT2D eigenvalue weighted by atomic mass is 9.77. The SMILES string of the molecule is Cc1nccnc1Nc1nnc(C(=O)Nc2ccc([C@H]3CC[C@H](CC(=O)O)CC3)cc2)o1. The summed E-state index contributed by atoms with van der Waals surface area (Å²) in [6.45, 7) is 1.78. The minimum atomic E-state index is -0.721. The van der Waals surface area contributed by atoms with E-state index < -0.39 is 11.9 Å². The van der Waals surface area contributed by atoms with E-state index in [1.807, 2.05) is 24.3 Å². The Balaban J connectivity index is 1.32. The summed E-state index contributed by atoms with van der Waals surface area (Å²) in [6, 6.07) is 7.72. The number of carboxylic acid groups (broad SMARTS) is 1. The van der Waals surface area contributed by atoms with Crippen molar-refractivity contribution in [2.45, 2.75) is 44.9 Å². The van der Waals surface area contributed by atoms with Crippen LogP contribution in [0.15, 0.2) is 41.1 Å². The van der Waals surface area contributed by atoms with Gasteiger partial charge in [0.05, 0.1) is 5.69 Å². The molecule has 4 rings (SSSR count). The van der Waals surface area contributed by atoms with Crippen LogP contribution in [0.1, 0.15) is 60.0 Å². The van der Waals surface area contributed by atoms with Gasteiger partial charge in [0.1, 0.15) is 0 Å². The van der Waals surface area contributed by atoms with Crippen molar-refractivity contribution < 1.29 is 19.1 Å². The first-order valence-corrected chi connectivity index (χ1v) is 10.5. The number of carboxylic acids is 1. The zero-order valence-electron chi connectivity index (χ0n) is 17.6. The number of aromatic nitrogens is 4. The zero-order valence-corrected chi connectivity index (χ0v) is 17.6. The van der Waals surface area contributed by atoms with Crippen molar-refractivity contribution >= 4 is 29.4 Å². The molecule has 2 aromatic heterocycles. The van der Waals surface area contributed by atoms with Gasteiger partial charge in [-0.05, 0) is 62.1 Å². The van der Waals surface area contributed by atoms with Crippen LogP contribution in [0.5, 0.6) is 0 Å². The number of carbonyl (C=O) groups excluding carboxylic acids is 1. The van der Waals surface area contributed by atoms with E-state index in [0.717, 1.165) is 25.7 Å². The molecule has 0 bridgehead atoms. The van der Waals surface area contributed by atoms with Gasteiger partial charge in [0.2, 0.25) is 0 Å². The highest BCUT2D eigenvalue weighted by molar-refractivity contribution is 6.00. The lowest BCUT2D eigenvalue weighted by molar-refractivity contribution is -0.138. The maximum atomic E-state index is 12.4. The molecule has 0 aliphatic heterocycles. The first-order valence-electron chi connectivity index (χ1n) is 10.5. The zero-order chi connectivity index (χ0) is 22.5. The summed E-state index contributed by atoms with van der Waals surface area (Å²) < 4.78 is 5.38. The quantitative estimate of drug-likeness (QED) is 0.502. The Bertz CT molecular complexity index is 1090. The number of amides is 1. The molecule has 1 aliphatic rings. The van der Waals surface area contributed by atoms with Gasteiger partial charge in [0.15, 0.2) is 5.82 Å². The van der Waals surface area contributed by atoms with Crippen LogP contribution >= 0.6 is 0 Å². The van der Waals surface area contributed by atoms with Gasteiger partial charge in [-0.3, -0.25) is 19.9 Å². The van der Waals surface area contributed by atoms with Crippen molar-refractivity contribution in [3.8, 4) is 0 Å². The Morgan fingerprint density at radius 1 is 1.06 bits per heavy atom. The van der Waals surface area contributed by atoms with Crippen molar-refractivity contribution in [3.63, 3.8) is 0 Å². The van der Waals surface area contributed by atoms with Gasteiger partial charge >= 0.3 is 23.8 Å². The van der Waals surface area contributed by atoms with Crippen LogP contribution in [0.2, 0.25) is 0 Å². The fraction of sp³-hybridized carbons (Fsp3) is 0.364. The van der Waals surface area contributed by atoms with Crippen LogP contribution in [0.25, 0.3) is 0 Å². The van der Waals surface area contributed by atoms with Crippen molar-refractivity contribution in [1.29, 1.82) is 0 Å². The predicted molar refractivity (Wildman–Crippen MR) is 116 cm³/mol. The van der Waals surface area contributed by atoms with E-state index in [1.165, 1.54) is 11.8 Å². The van der Waals surface area contributed by atoms with Crippen molar-refractivity contribution in [2.24, 2.45) is 5.92 Å². The van der Waals surface area contributed by atoms with Crippen molar-refractivity contribution in [1.82, 2.24) is 20.2 Å². The van der Waals surface area contributed by atoms with E-state index in [4.69, 9.17) is 9.52 Å². The molecule has 1 aliphatic carbocycles. The molecule has 3 N–H and O–H groups in total. The van der Waals surface area contributed by atoms with Crippen molar-refractivity contribution in [2.75, 3.05) is 10.6 Å². The standard InChI is InChI=1S/C22H24N6O4/c1-13-19(24-11-10-23-13)26-22-28-27-21(32-22)20(31)25-17-8-6-16(7-9-17)15-4-2-14(3-5-15)12-18(29)30/h6-11,14-15H,2-5,12H2,1H3,(H,25,31)(H,29,30)(H,24,26,28)/t14-,15-. The monoisotopic (exact) mass is 436 g/mol. The molecular formula is C22H24N6O4. The summed E-state index contributed by atoms with van der Waals surface area (Å²) in [5, 5.41) is 22.1. The molecule has 0 radical (unpaired) electrons. The number of nitrogens with one attached hydrogen (secondary N) is 2. The van der Waals surface area contributed by atoms with Gasteiger partial charge in [-0.15, -0.1) is 5.10 Å². The average Bonchev–Trinajstić information content (AvgIpc) is 3.25. The topological polar surface area (TPSA) is 143 Å². The highest BCUT2D eigenvalue weighted by atomic mass is 16.4. The first-order chi connectivity index (χ1) is 15.5. The fourth-order valence-electron chi connectivity index (χ4n) is 3.97. The molecule has 1 saturated carbocycles. The second kappa shape index (κ2) is 9.54. The van der Waals surface area contributed by atoms with Gasteiger partial charge in [-0.25, -0.2) is 4.98 Å². The molecule has 0 atom stereocenters. The molecule has 10 nitrogen and oxygen atoms in total. The van der Waals surface area contributed by atoms with E-state index in [-0.39, 0.29) is 24.2 Å². The predicted octanol–water partition coefficient (Wildman–Crippen LogP) is 3.91. The molecule has 32 heavy (non-hydrogen) atoms. The maximum absolute atomic E-state index is 12.4. The normalized spacial score (nSPS) is 18.2. The van der Waals surface area contributed by atoms with Crippen LogP contribution in [0.4, 0.5) is 17.5 Å². The average molecular weight is 436 g/mol. The van der Waals surface area contributed by atoms with Crippen molar-refractivity contribution in [3.05, 3.63) is 53.8 Å². The number of rotatable bonds is 7. The molecule has 10 heteroatoms. The summed E-state index contributed by atoms with van der Waals surface area (Å²) in [4.78, 5) is 31.6. The van der Waals surface area contributed by atoms with Crippen LogP contribution in [-0.2, 0) is 4.79 Å². The molecule has 2 heterocycles. The number of anilines is 3. The number of carbonyl (C=O) groups is 2. The summed E-state index contributed by atoms with van der Waals surface area (Å²) >= 11 is 0. The van der Waals surface area contributed by atoms with Gasteiger partial charge in [-0.1, -0.05) is 17.2 Å². The van der Waals surface area contributed by atoms with Crippen LogP contribution < -0.4 is 10.6 Å². The molecule has 3 aromatic rings. The minimum absolute atomic E-state index is 0.0487. The molecule has 0 unspecified atom stereocenters. The van der Waals surface area contributed by atoms with Gasteiger partial charge in [0, 0.05) is 24.5 Å². The second-order valence-electron chi connectivity index (χ2n) is 7.92. The second-order valence-corrected chi connectivity index (χ2v) is 7.92. The summed E-state index contributed by atoms with van der Waals surface area (Å²) in [5.74, 6) is -0.247. The van der Waals surface area contributed by atoms with Gasteiger partial charge in [-0.2, -0.15) is 0 Å². The third-order valence-electron chi connectivity index (χ3n) is 5.68. The van der Waals surface area contributed by atoms with Gasteiger partial charge < -0.3 is 14.8 Å². The number of benzene rings is 1. The Morgan fingerprint density at radius 2 is 1.78 bits per heavy atom. The fourth-order valence-corrected chi connectivity index (χ4v) is 3.97. The Kier molecular flexibility index (Phi) is 6.39. The maximum Gasteiger partial charge on any atom is 0.321 e. The van der Waals surface area contributed by atoms with E-state index in [1.54, 1.807) is 13.1 Å². The highest BCUT2D eigenvalue weighted by Crippen LogP contribution is 2.37. The first kappa shape index (κ1) is 21.4. The summed E-state index contributed by atoms with van der Waals surface area (Å²) in [5.41, 5.74) is 2.48. The molecule has 1 amide bonds. The molecular weight excluding hydrogens is 412 g/mol. The molecule has 0 spiro atoms. The van der Waals surface area contributed by atoms with Gasteiger partial charge in [0.25, 0.3) is 0 Å². The lowest BCUT2D eigenvalue weighted by Crippen LogP contribution is -2.16. The lowest BCUT2D eigenvalue weighted by Gasteiger charge is -2.28. The van der Waals surface area contributed by atoms with E-state index in [2.05, 4.69) is 30.8 Å². The molecule has 166 valence electrons. The third kappa shape index (κ3) is 5.26. The number of hydrogen-bond donors (Lipinski definition) is 3. The smallest absolute Gasteiger partial charge is 0.321 e. The highest BCUT2D eigenvalue weighted by Gasteiger charge is 2.24. The number of nitrogens with zero attached hydrogens (tertiary/aromatic N) is 4. The summed E-state index contributed by atoms with van der Waals surface area (Å²) in [6.07, 6.45) is 7.17. The number of aryl methyl sites for hydroxylation is 1. The number of hydrogen-bond acceptors (Lipinski definition) is 8. The summed E-state index contributed by atoms with van der Waals surface area (Å²) in [7, 11) is 0. The Labute approximate surface area is 184 Å². The largest absolute Gasteiger partial charge is 0.481 e. The minimum Gasteiger partial charge on any atom is -0.481 e. The molecule has 0 saturated heterocycles. The van der Waals surface area contributed by atoms with E-state index >= 15 is 0 Å². The Hall–Kier alpha value is -3.82. The van der Waals surface area contributed by atoms with Crippen LogP contribution in [0, 0.1) is 12.8 Å². The molecule has 1 aromatic carbocycles. The van der Waals surface area contributed by atoms with E-state index in [0.29, 0.717) is 23.1 Å². The molecule has 1 fully saturated rings.